The summed E-state index contributed by atoms with van der Waals surface area (Å²) in [5.74, 6) is -4.64. The van der Waals surface area contributed by atoms with E-state index < -0.39 is 52.7 Å². The van der Waals surface area contributed by atoms with E-state index in [0.29, 0.717) is 21.9 Å². The molecule has 5 heterocycles. The first-order valence-electron chi connectivity index (χ1n) is 12.6. The lowest BCUT2D eigenvalue weighted by atomic mass is 9.95. The predicted octanol–water partition coefficient (Wildman–Crippen LogP) is -0.122. The summed E-state index contributed by atoms with van der Waals surface area (Å²) >= 11 is 4.71. The number of carboxylic acid groups (broad SMARTS) is 1. The molecular weight excluding hydrogens is 645 g/mol. The third-order valence-electron chi connectivity index (χ3n) is 6.87. The number of piperazine rings is 1. The number of thiophene rings is 1. The van der Waals surface area contributed by atoms with Gasteiger partial charge in [-0.1, -0.05) is 10.6 Å². The van der Waals surface area contributed by atoms with Gasteiger partial charge in [-0.2, -0.15) is 5.48 Å². The number of nitrogens with one attached hydrogen (secondary N) is 3. The molecule has 2 aromatic rings. The van der Waals surface area contributed by atoms with E-state index in [-0.39, 0.29) is 30.3 Å². The number of carbonyl (C=O) groups is 6. The average molecular weight is 669 g/mol. The van der Waals surface area contributed by atoms with Crippen molar-refractivity contribution in [1.82, 2.24) is 40.4 Å². The molecular formula is C23H24N8O8S4. The molecule has 3 aliphatic rings. The maximum absolute atomic E-state index is 13.6. The van der Waals surface area contributed by atoms with Crippen LogP contribution in [0.4, 0.5) is 4.79 Å². The van der Waals surface area contributed by atoms with Crippen LogP contribution < -0.4 is 16.1 Å². The molecule has 3 atom stereocenters. The maximum atomic E-state index is 13.6. The molecule has 5 N–H and O–H groups in total. The number of imide groups is 1. The van der Waals surface area contributed by atoms with E-state index >= 15 is 0 Å². The number of likely N-dealkylation sites (N-methyl/N-ethyl adjacent to an activating group) is 1. The summed E-state index contributed by atoms with van der Waals surface area (Å²) in [5.41, 5.74) is -0.0396. The van der Waals surface area contributed by atoms with Gasteiger partial charge in [0.2, 0.25) is 11.6 Å². The monoisotopic (exact) mass is 668 g/mol. The van der Waals surface area contributed by atoms with Gasteiger partial charge >= 0.3 is 23.8 Å². The minimum Gasteiger partial charge on any atom is -0.477 e. The SMILES string of the molecule is CCN1CCN(C(=O)NC(C(=O)N[C@]2(NO)C(=O)N3C(C(=O)O)=C(CSc4cnns4)CS[C@@H]32)c2cccs2)C(=O)C1=O. The Morgan fingerprint density at radius 1 is 1.23 bits per heavy atom. The molecule has 228 valence electrons. The van der Waals surface area contributed by atoms with Crippen LogP contribution in [0.5, 0.6) is 0 Å². The quantitative estimate of drug-likeness (QED) is 0.0735. The first-order chi connectivity index (χ1) is 20.6. The molecule has 0 aliphatic carbocycles. The number of thioether (sulfide) groups is 2. The molecule has 0 radical (unpaired) electrons. The van der Waals surface area contributed by atoms with E-state index in [0.717, 1.165) is 43.7 Å². The Morgan fingerprint density at radius 3 is 2.65 bits per heavy atom. The summed E-state index contributed by atoms with van der Waals surface area (Å²) in [4.78, 5) is 80.6. The largest absolute Gasteiger partial charge is 0.477 e. The van der Waals surface area contributed by atoms with Gasteiger partial charge in [0, 0.05) is 36.0 Å². The third kappa shape index (κ3) is 5.60. The van der Waals surface area contributed by atoms with E-state index in [2.05, 4.69) is 20.2 Å². The molecule has 2 saturated heterocycles. The third-order valence-corrected chi connectivity index (χ3v) is 11.1. The van der Waals surface area contributed by atoms with Crippen LogP contribution in [0.25, 0.3) is 0 Å². The molecule has 0 aromatic carbocycles. The second kappa shape index (κ2) is 12.6. The number of carbonyl (C=O) groups excluding carboxylic acids is 5. The highest BCUT2D eigenvalue weighted by atomic mass is 32.2. The van der Waals surface area contributed by atoms with E-state index in [1.807, 2.05) is 5.48 Å². The molecule has 0 saturated carbocycles. The fraction of sp³-hybridized carbons (Fsp3) is 0.391. The van der Waals surface area contributed by atoms with Crippen LogP contribution in [0.1, 0.15) is 17.8 Å². The van der Waals surface area contributed by atoms with Crippen LogP contribution in [0.15, 0.2) is 39.2 Å². The van der Waals surface area contributed by atoms with Crippen molar-refractivity contribution in [2.75, 3.05) is 31.1 Å². The Labute approximate surface area is 260 Å². The number of β-lactam (4-membered cyclic amide) rings is 1. The summed E-state index contributed by atoms with van der Waals surface area (Å²) in [7, 11) is 0. The molecule has 43 heavy (non-hydrogen) atoms. The van der Waals surface area contributed by atoms with Gasteiger partial charge < -0.3 is 25.8 Å². The van der Waals surface area contributed by atoms with Gasteiger partial charge in [-0.05, 0) is 35.5 Å². The van der Waals surface area contributed by atoms with E-state index in [9.17, 15) is 39.1 Å². The number of carboxylic acids is 1. The van der Waals surface area contributed by atoms with Crippen molar-refractivity contribution in [3.05, 3.63) is 39.9 Å². The molecule has 6 amide bonds. The van der Waals surface area contributed by atoms with E-state index in [1.54, 1.807) is 30.6 Å². The Morgan fingerprint density at radius 2 is 2.02 bits per heavy atom. The standard InChI is InChI=1S/C23H24N8O8S4/c1-2-29-5-6-30(18(34)17(29)33)22(38)25-14(12-4-3-7-40-12)16(32)26-23(27-39)20(37)31-15(19(35)36)11(10-42-21(23)31)9-41-13-8-24-28-43-13/h3-4,7-8,14,21,27,39H,2,5-6,9-10H2,1H3,(H,25,38)(H,26,32)(H,35,36)/t14?,21-,23+/m1/s1. The van der Waals surface area contributed by atoms with Crippen molar-refractivity contribution in [3.63, 3.8) is 0 Å². The van der Waals surface area contributed by atoms with Crippen LogP contribution in [0.3, 0.4) is 0 Å². The van der Waals surface area contributed by atoms with Gasteiger partial charge in [0.25, 0.3) is 5.91 Å². The van der Waals surface area contributed by atoms with Gasteiger partial charge in [0.1, 0.15) is 21.3 Å². The minimum atomic E-state index is -2.11. The smallest absolute Gasteiger partial charge is 0.352 e. The summed E-state index contributed by atoms with van der Waals surface area (Å²) in [6, 6.07) is 0.764. The lowest BCUT2D eigenvalue weighted by Gasteiger charge is -2.56. The highest BCUT2D eigenvalue weighted by Crippen LogP contribution is 2.46. The second-order valence-electron chi connectivity index (χ2n) is 9.27. The van der Waals surface area contributed by atoms with Crippen molar-refractivity contribution < 1.29 is 39.1 Å². The van der Waals surface area contributed by atoms with Gasteiger partial charge in [-0.3, -0.25) is 29.0 Å². The van der Waals surface area contributed by atoms with Crippen molar-refractivity contribution in [2.45, 2.75) is 28.2 Å². The number of amides is 6. The number of nitrogens with zero attached hydrogens (tertiary/aromatic N) is 5. The highest BCUT2D eigenvalue weighted by Gasteiger charge is 2.66. The number of hydrogen-bond acceptors (Lipinski definition) is 14. The molecule has 2 aromatic heterocycles. The van der Waals surface area contributed by atoms with Crippen molar-refractivity contribution in [3.8, 4) is 0 Å². The number of hydrogen-bond donors (Lipinski definition) is 5. The van der Waals surface area contributed by atoms with Gasteiger partial charge in [0.05, 0.1) is 6.20 Å². The normalized spacial score (nSPS) is 22.7. The average Bonchev–Trinajstić information content (AvgIpc) is 3.73. The van der Waals surface area contributed by atoms with Gasteiger partial charge in [-0.25, -0.2) is 9.59 Å². The number of urea groups is 1. The first-order valence-corrected chi connectivity index (χ1v) is 16.3. The van der Waals surface area contributed by atoms with Gasteiger partial charge in [-0.15, -0.1) is 40.0 Å². The molecule has 0 bridgehead atoms. The summed E-state index contributed by atoms with van der Waals surface area (Å²) in [6.45, 7) is 2.05. The first kappa shape index (κ1) is 30.9. The molecule has 16 nitrogen and oxygen atoms in total. The zero-order chi connectivity index (χ0) is 30.9. The number of fused-ring (bicyclic) bond motifs is 1. The molecule has 0 spiro atoms. The minimum absolute atomic E-state index is 0.0816. The van der Waals surface area contributed by atoms with Crippen LogP contribution in [0, 0.1) is 0 Å². The summed E-state index contributed by atoms with van der Waals surface area (Å²) in [5, 5.41) is 29.4. The molecule has 5 rings (SSSR count). The number of aromatic nitrogens is 2. The topological polar surface area (TPSA) is 214 Å². The van der Waals surface area contributed by atoms with Crippen molar-refractivity contribution in [2.24, 2.45) is 0 Å². The lowest BCUT2D eigenvalue weighted by molar-refractivity contribution is -0.171. The fourth-order valence-corrected chi connectivity index (χ4v) is 8.46. The Kier molecular flexibility index (Phi) is 9.04. The summed E-state index contributed by atoms with van der Waals surface area (Å²) < 4.78 is 4.53. The van der Waals surface area contributed by atoms with Crippen LogP contribution >= 0.6 is 46.4 Å². The second-order valence-corrected chi connectivity index (χ2v) is 13.4. The van der Waals surface area contributed by atoms with E-state index in [4.69, 9.17) is 0 Å². The zero-order valence-corrected chi connectivity index (χ0v) is 25.5. The van der Waals surface area contributed by atoms with Crippen molar-refractivity contribution >= 4 is 82.0 Å². The Hall–Kier alpha value is -3.56. The molecule has 3 aliphatic heterocycles. The zero-order valence-electron chi connectivity index (χ0n) is 22.2. The Balaban J connectivity index is 1.35. The number of rotatable bonds is 10. The van der Waals surface area contributed by atoms with Gasteiger partial charge in [0.15, 0.2) is 0 Å². The number of aliphatic carboxylic acids is 1. The fourth-order valence-electron chi connectivity index (χ4n) is 4.72. The molecule has 20 heteroatoms. The number of hydroxylamine groups is 1. The molecule has 1 unspecified atom stereocenters. The lowest BCUT2D eigenvalue weighted by Crippen LogP contribution is -2.85. The predicted molar refractivity (Wildman–Crippen MR) is 154 cm³/mol. The highest BCUT2D eigenvalue weighted by molar-refractivity contribution is 8.01. The maximum Gasteiger partial charge on any atom is 0.352 e. The van der Waals surface area contributed by atoms with Crippen LogP contribution in [0.2, 0.25) is 0 Å². The van der Waals surface area contributed by atoms with Crippen molar-refractivity contribution in [1.29, 1.82) is 0 Å². The van der Waals surface area contributed by atoms with Crippen LogP contribution in [-0.4, -0.2) is 112 Å². The summed E-state index contributed by atoms with van der Waals surface area (Å²) in [6.07, 6.45) is 1.54. The van der Waals surface area contributed by atoms with Crippen LogP contribution in [-0.2, 0) is 24.0 Å². The molecule has 2 fully saturated rings. The Bertz CT molecular complexity index is 1490. The van der Waals surface area contributed by atoms with E-state index in [1.165, 1.54) is 16.7 Å².